The number of carbonyl (C=O) groups excluding carboxylic acids is 4. The molecule has 6 aromatic rings. The van der Waals surface area contributed by atoms with Crippen molar-refractivity contribution in [1.29, 1.82) is 0 Å². The summed E-state index contributed by atoms with van der Waals surface area (Å²) >= 11 is 0. The molecule has 6 rings (SSSR count). The molecule has 0 aliphatic heterocycles. The lowest BCUT2D eigenvalue weighted by Crippen LogP contribution is -2.25. The van der Waals surface area contributed by atoms with Crippen molar-refractivity contribution in [3.63, 3.8) is 0 Å². The Morgan fingerprint density at radius 2 is 0.683 bits per heavy atom. The fraction of sp³-hybridized carbons (Fsp3) is 0.0476. The van der Waals surface area contributed by atoms with Crippen molar-refractivity contribution in [1.82, 2.24) is 0 Å². The Morgan fingerprint density at radius 1 is 0.400 bits per heavy atom. The van der Waals surface area contributed by atoms with Crippen molar-refractivity contribution in [2.24, 2.45) is 0 Å². The molecule has 0 aliphatic carbocycles. The number of nitrogens with one attached hydrogen (secondary N) is 4. The van der Waals surface area contributed by atoms with E-state index >= 15 is 0 Å². The number of hydrogen-bond acceptors (Lipinski definition) is 12. The highest BCUT2D eigenvalue weighted by atomic mass is 32.2. The van der Waals surface area contributed by atoms with Crippen LogP contribution in [-0.2, 0) is 29.8 Å². The Balaban J connectivity index is 0.986. The molecule has 0 unspecified atom stereocenters. The van der Waals surface area contributed by atoms with Gasteiger partial charge in [0.1, 0.15) is 32.8 Å². The maximum Gasteiger partial charge on any atom is 0.423 e. The number of rotatable bonds is 12. The SMILES string of the molecule is Cc1ccc(S(=O)(=O)Oc2cccc(NC(=O)Nc3cccc(OC(=O)C(=O)Oc4cccc(NC(=O)Nc5cccc(OS(=O)(=O)c6ccc(C)cc6)c5)c4)c3)c2)cc1. The van der Waals surface area contributed by atoms with E-state index in [4.69, 9.17) is 17.8 Å². The largest absolute Gasteiger partial charge is 0.423 e. The molecule has 0 bridgehead atoms. The summed E-state index contributed by atoms with van der Waals surface area (Å²) in [4.78, 5) is 50.7. The Bertz CT molecular complexity index is 2600. The van der Waals surface area contributed by atoms with Crippen LogP contribution >= 0.6 is 0 Å². The van der Waals surface area contributed by atoms with Gasteiger partial charge in [-0.25, -0.2) is 19.2 Å². The van der Waals surface area contributed by atoms with Gasteiger partial charge in [0.2, 0.25) is 0 Å². The molecule has 16 nitrogen and oxygen atoms in total. The monoisotopic (exact) mass is 850 g/mol. The first kappa shape index (κ1) is 41.9. The van der Waals surface area contributed by atoms with Crippen LogP contribution in [0.5, 0.6) is 23.0 Å². The number of carbonyl (C=O) groups is 4. The van der Waals surface area contributed by atoms with Gasteiger partial charge in [0.15, 0.2) is 0 Å². The van der Waals surface area contributed by atoms with Crippen LogP contribution in [0.25, 0.3) is 0 Å². The number of esters is 2. The number of benzene rings is 6. The molecule has 0 heterocycles. The number of ether oxygens (including phenoxy) is 2. The maximum absolute atomic E-state index is 12.8. The van der Waals surface area contributed by atoms with Crippen LogP contribution in [-0.4, -0.2) is 40.8 Å². The number of anilines is 4. The van der Waals surface area contributed by atoms with Gasteiger partial charge in [-0.05, 0) is 86.6 Å². The van der Waals surface area contributed by atoms with Crippen molar-refractivity contribution >= 4 is 67.0 Å². The zero-order valence-corrected chi connectivity index (χ0v) is 33.2. The summed E-state index contributed by atoms with van der Waals surface area (Å²) in [5, 5.41) is 10.2. The van der Waals surface area contributed by atoms with Gasteiger partial charge in [0.05, 0.1) is 0 Å². The Morgan fingerprint density at radius 3 is 1.00 bits per heavy atom. The number of amides is 4. The normalized spacial score (nSPS) is 11.0. The first-order valence-corrected chi connectivity index (χ1v) is 20.4. The second-order valence-corrected chi connectivity index (χ2v) is 15.8. The topological polar surface area (TPSA) is 222 Å². The Labute approximate surface area is 344 Å². The van der Waals surface area contributed by atoms with E-state index in [1.807, 2.05) is 13.8 Å². The molecule has 4 amide bonds. The minimum Gasteiger partial charge on any atom is -0.418 e. The molecule has 60 heavy (non-hydrogen) atoms. The fourth-order valence-corrected chi connectivity index (χ4v) is 7.02. The fourth-order valence-electron chi connectivity index (χ4n) is 5.17. The van der Waals surface area contributed by atoms with Gasteiger partial charge >= 0.3 is 44.2 Å². The van der Waals surface area contributed by atoms with Crippen LogP contribution in [0.2, 0.25) is 0 Å². The molecule has 0 saturated carbocycles. The van der Waals surface area contributed by atoms with E-state index in [2.05, 4.69) is 21.3 Å². The molecular weight excluding hydrogens is 817 g/mol. The van der Waals surface area contributed by atoms with E-state index in [9.17, 15) is 36.0 Å². The van der Waals surface area contributed by atoms with Crippen molar-refractivity contribution in [2.45, 2.75) is 23.6 Å². The molecule has 0 aliphatic rings. The molecule has 0 spiro atoms. The summed E-state index contributed by atoms with van der Waals surface area (Å²) in [6.45, 7) is 3.64. The zero-order chi connectivity index (χ0) is 42.9. The van der Waals surface area contributed by atoms with E-state index in [-0.39, 0.29) is 55.5 Å². The van der Waals surface area contributed by atoms with Gasteiger partial charge in [0, 0.05) is 47.0 Å². The predicted octanol–water partition coefficient (Wildman–Crippen LogP) is 7.64. The first-order chi connectivity index (χ1) is 28.6. The van der Waals surface area contributed by atoms with Gasteiger partial charge < -0.3 is 39.1 Å². The van der Waals surface area contributed by atoms with E-state index in [0.717, 1.165) is 11.1 Å². The Hall–Kier alpha value is -7.70. The van der Waals surface area contributed by atoms with Gasteiger partial charge in [-0.1, -0.05) is 59.7 Å². The van der Waals surface area contributed by atoms with Gasteiger partial charge in [0.25, 0.3) is 0 Å². The van der Waals surface area contributed by atoms with Crippen LogP contribution in [0, 0.1) is 13.8 Å². The van der Waals surface area contributed by atoms with Crippen LogP contribution in [0.4, 0.5) is 32.3 Å². The molecule has 4 N–H and O–H groups in total. The molecule has 0 fully saturated rings. The van der Waals surface area contributed by atoms with E-state index < -0.39 is 44.2 Å². The molecule has 18 heteroatoms. The summed E-state index contributed by atoms with van der Waals surface area (Å²) in [5.74, 6) is -3.08. The first-order valence-electron chi connectivity index (χ1n) is 17.6. The van der Waals surface area contributed by atoms with E-state index in [1.54, 1.807) is 24.3 Å². The van der Waals surface area contributed by atoms with Crippen LogP contribution in [0.1, 0.15) is 11.1 Å². The van der Waals surface area contributed by atoms with Crippen LogP contribution < -0.4 is 39.1 Å². The molecule has 6 aromatic carbocycles. The average molecular weight is 851 g/mol. The van der Waals surface area contributed by atoms with Gasteiger partial charge in [-0.15, -0.1) is 0 Å². The van der Waals surface area contributed by atoms with Crippen LogP contribution in [0.15, 0.2) is 155 Å². The molecular formula is C42H34N4O12S2. The predicted molar refractivity (Wildman–Crippen MR) is 220 cm³/mol. The molecule has 0 aromatic heterocycles. The molecule has 0 atom stereocenters. The second-order valence-electron chi connectivity index (χ2n) is 12.7. The molecule has 306 valence electrons. The average Bonchev–Trinajstić information content (AvgIpc) is 3.18. The van der Waals surface area contributed by atoms with Crippen molar-refractivity contribution in [2.75, 3.05) is 21.3 Å². The summed E-state index contributed by atoms with van der Waals surface area (Å²) < 4.78 is 71.4. The minimum atomic E-state index is -4.13. The van der Waals surface area contributed by atoms with Crippen molar-refractivity contribution < 1.29 is 53.9 Å². The highest BCUT2D eigenvalue weighted by Crippen LogP contribution is 2.26. The smallest absolute Gasteiger partial charge is 0.418 e. The molecule has 0 radical (unpaired) electrons. The number of aryl methyl sites for hydroxylation is 2. The van der Waals surface area contributed by atoms with Crippen molar-refractivity contribution in [3.8, 4) is 23.0 Å². The highest BCUT2D eigenvalue weighted by molar-refractivity contribution is 7.87. The standard InChI is InChI=1S/C42H34N4O12S2/c1-27-15-19-37(20-16-27)59(51,52)57-35-13-5-9-31(25-35)45-41(49)43-29-7-3-11-33(23-29)55-39(47)40(48)56-34-12-4-8-30(24-34)44-42(50)46-32-10-6-14-36(26-32)58-60(53,54)38-21-17-28(2)18-22-38/h3-26H,1-2H3,(H2,43,45,49)(H2,44,46,50). The minimum absolute atomic E-state index is 0.0350. The Kier molecular flexibility index (Phi) is 12.8. The van der Waals surface area contributed by atoms with Crippen LogP contribution in [0.3, 0.4) is 0 Å². The highest BCUT2D eigenvalue weighted by Gasteiger charge is 2.21. The van der Waals surface area contributed by atoms with E-state index in [1.165, 1.54) is 121 Å². The lowest BCUT2D eigenvalue weighted by atomic mass is 10.2. The third kappa shape index (κ3) is 11.7. The number of urea groups is 2. The van der Waals surface area contributed by atoms with Gasteiger partial charge in [-0.2, -0.15) is 16.8 Å². The third-order valence-corrected chi connectivity index (χ3v) is 10.5. The van der Waals surface area contributed by atoms with Gasteiger partial charge in [-0.3, -0.25) is 0 Å². The second kappa shape index (κ2) is 18.3. The lowest BCUT2D eigenvalue weighted by Gasteiger charge is -2.12. The van der Waals surface area contributed by atoms with Crippen molar-refractivity contribution in [3.05, 3.63) is 157 Å². The number of hydrogen-bond donors (Lipinski definition) is 4. The zero-order valence-electron chi connectivity index (χ0n) is 31.6. The summed E-state index contributed by atoms with van der Waals surface area (Å²) in [7, 11) is -8.26. The lowest BCUT2D eigenvalue weighted by molar-refractivity contribution is -0.156. The summed E-state index contributed by atoms with van der Waals surface area (Å²) in [6, 6.07) is 33.4. The maximum atomic E-state index is 12.8. The third-order valence-electron chi connectivity index (χ3n) is 7.99. The summed E-state index contributed by atoms with van der Waals surface area (Å²) in [5.41, 5.74) is 2.51. The summed E-state index contributed by atoms with van der Waals surface area (Å²) in [6.07, 6.45) is 0. The quantitative estimate of drug-likeness (QED) is 0.0404. The molecule has 0 saturated heterocycles. The van der Waals surface area contributed by atoms with E-state index in [0.29, 0.717) is 0 Å².